The largest absolute Gasteiger partial charge is 0.394 e. The first-order valence-corrected chi connectivity index (χ1v) is 4.95. The van der Waals surface area contributed by atoms with Gasteiger partial charge in [-0.3, -0.25) is 4.79 Å². The molecule has 0 aromatic heterocycles. The summed E-state index contributed by atoms with van der Waals surface area (Å²) in [4.78, 5) is 11.5. The summed E-state index contributed by atoms with van der Waals surface area (Å²) in [6.45, 7) is 1.53. The van der Waals surface area contributed by atoms with Crippen molar-refractivity contribution in [1.29, 1.82) is 0 Å². The molecule has 5 heteroatoms. The molecule has 3 nitrogen and oxygen atoms in total. The highest BCUT2D eigenvalue weighted by Gasteiger charge is 2.15. The van der Waals surface area contributed by atoms with Crippen LogP contribution in [0.25, 0.3) is 0 Å². The third-order valence-corrected chi connectivity index (χ3v) is 2.22. The number of carbonyl (C=O) groups excluding carboxylic acids is 1. The van der Waals surface area contributed by atoms with E-state index < -0.39 is 23.6 Å². The number of hydrogen-bond donors (Lipinski definition) is 2. The Morgan fingerprint density at radius 1 is 1.50 bits per heavy atom. The fourth-order valence-corrected chi connectivity index (χ4v) is 1.21. The lowest BCUT2D eigenvalue weighted by Crippen LogP contribution is -2.37. The van der Waals surface area contributed by atoms with Crippen molar-refractivity contribution < 1.29 is 18.7 Å². The molecule has 0 unspecified atom stereocenters. The molecule has 0 saturated heterocycles. The molecule has 0 heterocycles. The van der Waals surface area contributed by atoms with Crippen LogP contribution in [0.3, 0.4) is 0 Å². The fraction of sp³-hybridized carbons (Fsp3) is 0.364. The van der Waals surface area contributed by atoms with E-state index in [1.165, 1.54) is 0 Å². The molecular formula is C11H13F2NO2. The molecule has 0 aliphatic carbocycles. The highest BCUT2D eigenvalue weighted by molar-refractivity contribution is 5.94. The molecule has 1 rings (SSSR count). The average Bonchev–Trinajstić information content (AvgIpc) is 2.28. The summed E-state index contributed by atoms with van der Waals surface area (Å²) in [6, 6.07) is 2.21. The van der Waals surface area contributed by atoms with Crippen molar-refractivity contribution in [3.63, 3.8) is 0 Å². The second-order valence-corrected chi connectivity index (χ2v) is 3.39. The molecule has 2 N–H and O–H groups in total. The van der Waals surface area contributed by atoms with E-state index in [1.54, 1.807) is 6.92 Å². The monoisotopic (exact) mass is 229 g/mol. The van der Waals surface area contributed by atoms with Crippen LogP contribution in [0.1, 0.15) is 23.7 Å². The van der Waals surface area contributed by atoms with Crippen molar-refractivity contribution in [2.75, 3.05) is 6.61 Å². The standard InChI is InChI=1S/C11H13F2NO2/c1-2-8(6-15)14-11(16)9-5-7(12)3-4-10(9)13/h3-5,8,15H,2,6H2,1H3,(H,14,16)/t8-/m1/s1. The van der Waals surface area contributed by atoms with Crippen molar-refractivity contribution >= 4 is 5.91 Å². The van der Waals surface area contributed by atoms with Gasteiger partial charge in [0.25, 0.3) is 5.91 Å². The van der Waals surface area contributed by atoms with Crippen molar-refractivity contribution in [2.45, 2.75) is 19.4 Å². The van der Waals surface area contributed by atoms with E-state index in [1.807, 2.05) is 0 Å². The highest BCUT2D eigenvalue weighted by Crippen LogP contribution is 2.09. The minimum atomic E-state index is -0.785. The number of aliphatic hydroxyl groups excluding tert-OH is 1. The minimum Gasteiger partial charge on any atom is -0.394 e. The summed E-state index contributed by atoms with van der Waals surface area (Å²) < 4.78 is 26.0. The summed E-state index contributed by atoms with van der Waals surface area (Å²) in [5, 5.41) is 11.3. The van der Waals surface area contributed by atoms with Crippen LogP contribution < -0.4 is 5.32 Å². The lowest BCUT2D eigenvalue weighted by molar-refractivity contribution is 0.0910. The summed E-state index contributed by atoms with van der Waals surface area (Å²) in [7, 11) is 0. The second kappa shape index (κ2) is 5.55. The van der Waals surface area contributed by atoms with Gasteiger partial charge in [-0.2, -0.15) is 0 Å². The van der Waals surface area contributed by atoms with Crippen LogP contribution in [0.2, 0.25) is 0 Å². The SMILES string of the molecule is CC[C@H](CO)NC(=O)c1cc(F)ccc1F. The molecule has 0 radical (unpaired) electrons. The van der Waals surface area contributed by atoms with Gasteiger partial charge in [-0.15, -0.1) is 0 Å². The molecule has 0 aliphatic heterocycles. The zero-order chi connectivity index (χ0) is 12.1. The van der Waals surface area contributed by atoms with Gasteiger partial charge in [0, 0.05) is 0 Å². The maximum absolute atomic E-state index is 13.2. The van der Waals surface area contributed by atoms with E-state index in [9.17, 15) is 13.6 Å². The Kier molecular flexibility index (Phi) is 4.37. The Hall–Kier alpha value is -1.49. The van der Waals surface area contributed by atoms with Gasteiger partial charge < -0.3 is 10.4 Å². The Morgan fingerprint density at radius 3 is 2.75 bits per heavy atom. The lowest BCUT2D eigenvalue weighted by atomic mass is 10.1. The molecule has 1 amide bonds. The smallest absolute Gasteiger partial charge is 0.254 e. The van der Waals surface area contributed by atoms with Gasteiger partial charge in [0.05, 0.1) is 18.2 Å². The predicted octanol–water partition coefficient (Wildman–Crippen LogP) is 1.47. The molecule has 1 aromatic carbocycles. The van der Waals surface area contributed by atoms with E-state index in [4.69, 9.17) is 5.11 Å². The summed E-state index contributed by atoms with van der Waals surface area (Å²) >= 11 is 0. The molecule has 16 heavy (non-hydrogen) atoms. The number of nitrogens with one attached hydrogen (secondary N) is 1. The lowest BCUT2D eigenvalue weighted by Gasteiger charge is -2.14. The van der Waals surface area contributed by atoms with Crippen molar-refractivity contribution in [3.05, 3.63) is 35.4 Å². The van der Waals surface area contributed by atoms with E-state index in [-0.39, 0.29) is 12.2 Å². The molecule has 0 spiro atoms. The number of carbonyl (C=O) groups is 1. The first-order valence-electron chi connectivity index (χ1n) is 4.95. The molecular weight excluding hydrogens is 216 g/mol. The molecule has 1 aromatic rings. The number of halogens is 2. The maximum atomic E-state index is 13.2. The van der Waals surface area contributed by atoms with Gasteiger partial charge in [-0.1, -0.05) is 6.92 Å². The molecule has 88 valence electrons. The van der Waals surface area contributed by atoms with Crippen LogP contribution in [-0.2, 0) is 0 Å². The third-order valence-electron chi connectivity index (χ3n) is 2.22. The van der Waals surface area contributed by atoms with E-state index in [0.717, 1.165) is 18.2 Å². The van der Waals surface area contributed by atoms with Crippen LogP contribution in [0.15, 0.2) is 18.2 Å². The van der Waals surface area contributed by atoms with E-state index in [2.05, 4.69) is 5.32 Å². The first-order chi connectivity index (χ1) is 7.58. The Balaban J connectivity index is 2.83. The van der Waals surface area contributed by atoms with Gasteiger partial charge in [0.1, 0.15) is 11.6 Å². The maximum Gasteiger partial charge on any atom is 0.254 e. The number of rotatable bonds is 4. The van der Waals surface area contributed by atoms with Gasteiger partial charge in [0.15, 0.2) is 0 Å². The number of amides is 1. The van der Waals surface area contributed by atoms with E-state index in [0.29, 0.717) is 6.42 Å². The van der Waals surface area contributed by atoms with Crippen molar-refractivity contribution in [3.8, 4) is 0 Å². The van der Waals surface area contributed by atoms with Crippen molar-refractivity contribution in [1.82, 2.24) is 5.32 Å². The van der Waals surface area contributed by atoms with E-state index >= 15 is 0 Å². The zero-order valence-electron chi connectivity index (χ0n) is 8.84. The molecule has 0 fully saturated rings. The van der Waals surface area contributed by atoms with Crippen molar-refractivity contribution in [2.24, 2.45) is 0 Å². The summed E-state index contributed by atoms with van der Waals surface area (Å²) in [5.41, 5.74) is -0.355. The first kappa shape index (κ1) is 12.6. The number of benzene rings is 1. The van der Waals surface area contributed by atoms with Gasteiger partial charge in [-0.05, 0) is 24.6 Å². The van der Waals surface area contributed by atoms with Crippen LogP contribution in [0.5, 0.6) is 0 Å². The van der Waals surface area contributed by atoms with Gasteiger partial charge in [-0.25, -0.2) is 8.78 Å². The van der Waals surface area contributed by atoms with Gasteiger partial charge in [0.2, 0.25) is 0 Å². The molecule has 1 atom stereocenters. The Labute approximate surface area is 92.1 Å². The molecule has 0 bridgehead atoms. The predicted molar refractivity (Wildman–Crippen MR) is 55.0 cm³/mol. The minimum absolute atomic E-state index is 0.237. The fourth-order valence-electron chi connectivity index (χ4n) is 1.21. The van der Waals surface area contributed by atoms with Crippen LogP contribution >= 0.6 is 0 Å². The Morgan fingerprint density at radius 2 is 2.19 bits per heavy atom. The van der Waals surface area contributed by atoms with Crippen LogP contribution in [-0.4, -0.2) is 23.7 Å². The second-order valence-electron chi connectivity index (χ2n) is 3.39. The summed E-state index contributed by atoms with van der Waals surface area (Å²) in [6.07, 6.45) is 0.513. The quantitative estimate of drug-likeness (QED) is 0.821. The zero-order valence-corrected chi connectivity index (χ0v) is 8.84. The number of hydrogen-bond acceptors (Lipinski definition) is 2. The average molecular weight is 229 g/mol. The van der Waals surface area contributed by atoms with Gasteiger partial charge >= 0.3 is 0 Å². The number of aliphatic hydroxyl groups is 1. The van der Waals surface area contributed by atoms with Crippen LogP contribution in [0, 0.1) is 11.6 Å². The molecule has 0 saturated carbocycles. The third kappa shape index (κ3) is 3.00. The normalized spacial score (nSPS) is 12.2. The van der Waals surface area contributed by atoms with Crippen LogP contribution in [0.4, 0.5) is 8.78 Å². The summed E-state index contributed by atoms with van der Waals surface area (Å²) in [5.74, 6) is -2.19. The highest BCUT2D eigenvalue weighted by atomic mass is 19.1. The topological polar surface area (TPSA) is 49.3 Å². The Bertz CT molecular complexity index is 378. The molecule has 0 aliphatic rings.